The third kappa shape index (κ3) is 2.37. The molecule has 0 aliphatic carbocycles. The minimum Gasteiger partial charge on any atom is -0.398 e. The first-order valence-corrected chi connectivity index (χ1v) is 6.79. The summed E-state index contributed by atoms with van der Waals surface area (Å²) in [7, 11) is 0. The number of aromatic nitrogens is 1. The van der Waals surface area contributed by atoms with Gasteiger partial charge < -0.3 is 10.6 Å². The van der Waals surface area contributed by atoms with Crippen molar-refractivity contribution in [1.82, 2.24) is 9.88 Å². The summed E-state index contributed by atoms with van der Waals surface area (Å²) < 4.78 is 0. The van der Waals surface area contributed by atoms with Gasteiger partial charge in [0.05, 0.1) is 5.56 Å². The van der Waals surface area contributed by atoms with Crippen LogP contribution in [-0.2, 0) is 0 Å². The van der Waals surface area contributed by atoms with Crippen LogP contribution >= 0.6 is 0 Å². The summed E-state index contributed by atoms with van der Waals surface area (Å²) in [5.74, 6) is 0.395. The largest absolute Gasteiger partial charge is 0.398 e. The van der Waals surface area contributed by atoms with Gasteiger partial charge in [-0.1, -0.05) is 30.3 Å². The molecule has 1 aliphatic heterocycles. The van der Waals surface area contributed by atoms with Gasteiger partial charge in [0.1, 0.15) is 0 Å². The molecule has 1 unspecified atom stereocenters. The van der Waals surface area contributed by atoms with Crippen molar-refractivity contribution in [2.45, 2.75) is 12.3 Å². The lowest BCUT2D eigenvalue weighted by Crippen LogP contribution is -2.29. The highest BCUT2D eigenvalue weighted by Gasteiger charge is 2.28. The van der Waals surface area contributed by atoms with Gasteiger partial charge in [0.2, 0.25) is 0 Å². The van der Waals surface area contributed by atoms with Gasteiger partial charge in [0.25, 0.3) is 5.91 Å². The molecule has 4 heteroatoms. The lowest BCUT2D eigenvalue weighted by atomic mass is 9.99. The predicted octanol–water partition coefficient (Wildman–Crippen LogP) is 2.29. The molecule has 3 rings (SSSR count). The molecule has 0 radical (unpaired) electrons. The Labute approximate surface area is 118 Å². The standard InChI is InChI=1S/C16H17N3O/c17-15-6-8-18-10-14(15)16(20)19-9-7-13(11-19)12-4-2-1-3-5-12/h1-6,8,10,13H,7,9,11H2,(H2,17,18). The zero-order chi connectivity index (χ0) is 13.9. The van der Waals surface area contributed by atoms with E-state index in [0.29, 0.717) is 17.2 Å². The maximum atomic E-state index is 12.5. The number of hydrogen-bond acceptors (Lipinski definition) is 3. The molecular formula is C16H17N3O. The Morgan fingerprint density at radius 1 is 1.25 bits per heavy atom. The minimum absolute atomic E-state index is 0.0194. The van der Waals surface area contributed by atoms with E-state index in [1.165, 1.54) is 5.56 Å². The van der Waals surface area contributed by atoms with E-state index in [1.54, 1.807) is 18.5 Å². The van der Waals surface area contributed by atoms with Crippen molar-refractivity contribution in [1.29, 1.82) is 0 Å². The predicted molar refractivity (Wildman–Crippen MR) is 78.4 cm³/mol. The van der Waals surface area contributed by atoms with Crippen molar-refractivity contribution in [2.75, 3.05) is 18.8 Å². The Kier molecular flexibility index (Phi) is 3.37. The molecule has 0 spiro atoms. The van der Waals surface area contributed by atoms with E-state index in [9.17, 15) is 4.79 Å². The topological polar surface area (TPSA) is 59.2 Å². The van der Waals surface area contributed by atoms with Crippen LogP contribution in [-0.4, -0.2) is 28.9 Å². The fraction of sp³-hybridized carbons (Fsp3) is 0.250. The number of nitrogens with zero attached hydrogens (tertiary/aromatic N) is 2. The van der Waals surface area contributed by atoms with Gasteiger partial charge in [0, 0.05) is 37.1 Å². The number of hydrogen-bond donors (Lipinski definition) is 1. The summed E-state index contributed by atoms with van der Waals surface area (Å²) in [4.78, 5) is 18.3. The van der Waals surface area contributed by atoms with Crippen molar-refractivity contribution in [3.63, 3.8) is 0 Å². The number of carbonyl (C=O) groups is 1. The first-order chi connectivity index (χ1) is 9.75. The molecule has 102 valence electrons. The summed E-state index contributed by atoms with van der Waals surface area (Å²) >= 11 is 0. The number of amides is 1. The van der Waals surface area contributed by atoms with Crippen molar-refractivity contribution in [3.8, 4) is 0 Å². The lowest BCUT2D eigenvalue weighted by Gasteiger charge is -2.17. The van der Waals surface area contributed by atoms with E-state index in [2.05, 4.69) is 17.1 Å². The number of likely N-dealkylation sites (tertiary alicyclic amines) is 1. The number of nitrogens with two attached hydrogens (primary N) is 1. The van der Waals surface area contributed by atoms with E-state index in [4.69, 9.17) is 5.73 Å². The molecule has 1 atom stereocenters. The van der Waals surface area contributed by atoms with Crippen molar-refractivity contribution >= 4 is 11.6 Å². The second-order valence-corrected chi connectivity index (χ2v) is 5.11. The Balaban J connectivity index is 1.75. The van der Waals surface area contributed by atoms with Gasteiger partial charge in [-0.25, -0.2) is 0 Å². The zero-order valence-electron chi connectivity index (χ0n) is 11.2. The van der Waals surface area contributed by atoms with Crippen LogP contribution in [0.15, 0.2) is 48.8 Å². The summed E-state index contributed by atoms with van der Waals surface area (Å²) in [6, 6.07) is 12.0. The van der Waals surface area contributed by atoms with Gasteiger partial charge >= 0.3 is 0 Å². The van der Waals surface area contributed by atoms with Gasteiger partial charge in [-0.3, -0.25) is 9.78 Å². The van der Waals surface area contributed by atoms with E-state index >= 15 is 0 Å². The molecular weight excluding hydrogens is 250 g/mol. The third-order valence-corrected chi connectivity index (χ3v) is 3.83. The Hall–Kier alpha value is -2.36. The zero-order valence-corrected chi connectivity index (χ0v) is 11.2. The number of carbonyl (C=O) groups excluding carboxylic acids is 1. The Bertz CT molecular complexity index is 612. The second kappa shape index (κ2) is 5.33. The smallest absolute Gasteiger partial charge is 0.257 e. The van der Waals surface area contributed by atoms with Crippen molar-refractivity contribution in [2.24, 2.45) is 0 Å². The third-order valence-electron chi connectivity index (χ3n) is 3.83. The molecule has 1 aromatic heterocycles. The fourth-order valence-electron chi connectivity index (χ4n) is 2.70. The monoisotopic (exact) mass is 267 g/mol. The summed E-state index contributed by atoms with van der Waals surface area (Å²) in [6.07, 6.45) is 4.15. The number of nitrogen functional groups attached to an aromatic ring is 1. The normalized spacial score (nSPS) is 18.2. The number of rotatable bonds is 2. The van der Waals surface area contributed by atoms with Gasteiger partial charge in [-0.15, -0.1) is 0 Å². The van der Waals surface area contributed by atoms with Crippen LogP contribution in [0.4, 0.5) is 5.69 Å². The molecule has 1 aliphatic rings. The summed E-state index contributed by atoms with van der Waals surface area (Å²) in [6.45, 7) is 1.52. The SMILES string of the molecule is Nc1ccncc1C(=O)N1CCC(c2ccccc2)C1. The van der Waals surface area contributed by atoms with Gasteiger partial charge in [-0.05, 0) is 18.1 Å². The van der Waals surface area contributed by atoms with Crippen LogP contribution in [0.5, 0.6) is 0 Å². The van der Waals surface area contributed by atoms with Gasteiger partial charge in [0.15, 0.2) is 0 Å². The van der Waals surface area contributed by atoms with E-state index in [0.717, 1.165) is 19.5 Å². The van der Waals surface area contributed by atoms with Crippen molar-refractivity contribution in [3.05, 3.63) is 59.9 Å². The molecule has 4 nitrogen and oxygen atoms in total. The number of anilines is 1. The summed E-state index contributed by atoms with van der Waals surface area (Å²) in [5.41, 5.74) is 8.14. The molecule has 20 heavy (non-hydrogen) atoms. The lowest BCUT2D eigenvalue weighted by molar-refractivity contribution is 0.0791. The highest BCUT2D eigenvalue weighted by Crippen LogP contribution is 2.28. The molecule has 2 aromatic rings. The first kappa shape index (κ1) is 12.7. The van der Waals surface area contributed by atoms with E-state index in [1.807, 2.05) is 23.1 Å². The molecule has 1 saturated heterocycles. The number of pyridine rings is 1. The van der Waals surface area contributed by atoms with Crippen LogP contribution in [0.1, 0.15) is 28.3 Å². The fourth-order valence-corrected chi connectivity index (χ4v) is 2.70. The van der Waals surface area contributed by atoms with Crippen molar-refractivity contribution < 1.29 is 4.79 Å². The molecule has 1 fully saturated rings. The second-order valence-electron chi connectivity index (χ2n) is 5.11. The maximum absolute atomic E-state index is 12.5. The van der Waals surface area contributed by atoms with E-state index in [-0.39, 0.29) is 5.91 Å². The van der Waals surface area contributed by atoms with Crippen LogP contribution in [0.3, 0.4) is 0 Å². The molecule has 0 bridgehead atoms. The van der Waals surface area contributed by atoms with E-state index < -0.39 is 0 Å². The van der Waals surface area contributed by atoms with Crippen LogP contribution in [0.2, 0.25) is 0 Å². The molecule has 2 heterocycles. The number of benzene rings is 1. The van der Waals surface area contributed by atoms with Crippen LogP contribution in [0, 0.1) is 0 Å². The Morgan fingerprint density at radius 3 is 2.80 bits per heavy atom. The Morgan fingerprint density at radius 2 is 2.05 bits per heavy atom. The highest BCUT2D eigenvalue weighted by molar-refractivity contribution is 5.98. The van der Waals surface area contributed by atoms with Crippen LogP contribution < -0.4 is 5.73 Å². The molecule has 1 amide bonds. The molecule has 0 saturated carbocycles. The summed E-state index contributed by atoms with van der Waals surface area (Å²) in [5, 5.41) is 0. The average Bonchev–Trinajstić information content (AvgIpc) is 2.98. The first-order valence-electron chi connectivity index (χ1n) is 6.79. The molecule has 1 aromatic carbocycles. The highest BCUT2D eigenvalue weighted by atomic mass is 16.2. The van der Waals surface area contributed by atoms with Gasteiger partial charge in [-0.2, -0.15) is 0 Å². The minimum atomic E-state index is -0.0194. The quantitative estimate of drug-likeness (QED) is 0.908. The average molecular weight is 267 g/mol. The molecule has 2 N–H and O–H groups in total. The van der Waals surface area contributed by atoms with Crippen LogP contribution in [0.25, 0.3) is 0 Å². The maximum Gasteiger partial charge on any atom is 0.257 e.